The molecule has 5 heteroatoms. The van der Waals surface area contributed by atoms with Gasteiger partial charge >= 0.3 is 5.97 Å². The van der Waals surface area contributed by atoms with Crippen LogP contribution >= 0.6 is 15.9 Å². The van der Waals surface area contributed by atoms with Crippen LogP contribution in [0.25, 0.3) is 0 Å². The molecule has 0 fully saturated rings. The van der Waals surface area contributed by atoms with E-state index in [1.165, 1.54) is 19.9 Å². The van der Waals surface area contributed by atoms with Gasteiger partial charge in [0, 0.05) is 0 Å². The fourth-order valence-corrected chi connectivity index (χ4v) is 1.64. The monoisotopic (exact) mass is 292 g/mol. The van der Waals surface area contributed by atoms with Crippen molar-refractivity contribution in [1.29, 1.82) is 0 Å². The first kappa shape index (κ1) is 13.1. The van der Waals surface area contributed by atoms with E-state index in [2.05, 4.69) is 15.9 Å². The Morgan fingerprint density at radius 3 is 2.50 bits per heavy atom. The summed E-state index contributed by atoms with van der Waals surface area (Å²) in [7, 11) is 0. The Morgan fingerprint density at radius 2 is 2.00 bits per heavy atom. The van der Waals surface area contributed by atoms with Crippen molar-refractivity contribution in [3.05, 3.63) is 33.8 Å². The SMILES string of the molecule is CC(C)(Cc1ccc(F)c(Br)c1F)C(=O)O. The number of benzene rings is 1. The Balaban J connectivity index is 3.08. The molecule has 2 nitrogen and oxygen atoms in total. The van der Waals surface area contributed by atoms with Crippen LogP contribution in [-0.2, 0) is 11.2 Å². The summed E-state index contributed by atoms with van der Waals surface area (Å²) in [5, 5.41) is 8.91. The van der Waals surface area contributed by atoms with Gasteiger partial charge in [-0.2, -0.15) is 0 Å². The van der Waals surface area contributed by atoms with Crippen molar-refractivity contribution in [3.8, 4) is 0 Å². The molecule has 0 amide bonds. The normalized spacial score (nSPS) is 11.6. The standard InChI is InChI=1S/C11H11BrF2O2/c1-11(2,10(15)16)5-6-3-4-7(13)8(12)9(6)14/h3-4H,5H2,1-2H3,(H,15,16). The van der Waals surface area contributed by atoms with Crippen LogP contribution in [0.1, 0.15) is 19.4 Å². The second-order valence-corrected chi connectivity index (χ2v) is 4.99. The number of hydrogen-bond acceptors (Lipinski definition) is 1. The van der Waals surface area contributed by atoms with Crippen LogP contribution in [0.3, 0.4) is 0 Å². The van der Waals surface area contributed by atoms with E-state index in [-0.39, 0.29) is 16.5 Å². The summed E-state index contributed by atoms with van der Waals surface area (Å²) in [6.45, 7) is 2.98. The first-order valence-corrected chi connectivity index (χ1v) is 5.41. The molecule has 16 heavy (non-hydrogen) atoms. The van der Waals surface area contributed by atoms with Crippen LogP contribution in [0.2, 0.25) is 0 Å². The zero-order valence-electron chi connectivity index (χ0n) is 8.85. The van der Waals surface area contributed by atoms with E-state index in [9.17, 15) is 13.6 Å². The van der Waals surface area contributed by atoms with Crippen molar-refractivity contribution in [2.75, 3.05) is 0 Å². The summed E-state index contributed by atoms with van der Waals surface area (Å²) in [6.07, 6.45) is 0.00699. The zero-order chi connectivity index (χ0) is 12.5. The molecule has 0 unspecified atom stereocenters. The first-order chi connectivity index (χ1) is 7.25. The molecule has 1 aromatic carbocycles. The predicted molar refractivity (Wildman–Crippen MR) is 59.2 cm³/mol. The molecule has 0 aromatic heterocycles. The second kappa shape index (κ2) is 4.49. The average molecular weight is 293 g/mol. The Kier molecular flexibility index (Phi) is 3.68. The smallest absolute Gasteiger partial charge is 0.309 e. The number of aliphatic carboxylic acids is 1. The van der Waals surface area contributed by atoms with Gasteiger partial charge in [0.1, 0.15) is 11.6 Å². The molecular formula is C11H11BrF2O2. The van der Waals surface area contributed by atoms with Crippen LogP contribution in [-0.4, -0.2) is 11.1 Å². The van der Waals surface area contributed by atoms with Gasteiger partial charge in [0.2, 0.25) is 0 Å². The third-order valence-electron chi connectivity index (χ3n) is 2.33. The molecule has 1 N–H and O–H groups in total. The van der Waals surface area contributed by atoms with E-state index in [1.807, 2.05) is 0 Å². The summed E-state index contributed by atoms with van der Waals surface area (Å²) < 4.78 is 26.3. The van der Waals surface area contributed by atoms with Crippen LogP contribution < -0.4 is 0 Å². The highest BCUT2D eigenvalue weighted by Crippen LogP contribution is 2.28. The van der Waals surface area contributed by atoms with Gasteiger partial charge in [-0.25, -0.2) is 8.78 Å². The fraction of sp³-hybridized carbons (Fsp3) is 0.364. The van der Waals surface area contributed by atoms with Crippen molar-refractivity contribution >= 4 is 21.9 Å². The molecule has 0 atom stereocenters. The largest absolute Gasteiger partial charge is 0.481 e. The minimum absolute atomic E-state index is 0.00699. The van der Waals surface area contributed by atoms with Gasteiger partial charge in [0.15, 0.2) is 0 Å². The van der Waals surface area contributed by atoms with Crippen molar-refractivity contribution in [1.82, 2.24) is 0 Å². The van der Waals surface area contributed by atoms with E-state index in [0.29, 0.717) is 0 Å². The number of carboxylic acid groups (broad SMARTS) is 1. The number of carboxylic acids is 1. The van der Waals surface area contributed by atoms with Gasteiger partial charge in [-0.3, -0.25) is 4.79 Å². The van der Waals surface area contributed by atoms with E-state index < -0.39 is 23.0 Å². The van der Waals surface area contributed by atoms with E-state index in [0.717, 1.165) is 6.07 Å². The van der Waals surface area contributed by atoms with Gasteiger partial charge < -0.3 is 5.11 Å². The number of carbonyl (C=O) groups is 1. The van der Waals surface area contributed by atoms with Crippen molar-refractivity contribution in [3.63, 3.8) is 0 Å². The van der Waals surface area contributed by atoms with Gasteiger partial charge in [0.25, 0.3) is 0 Å². The summed E-state index contributed by atoms with van der Waals surface area (Å²) in [6, 6.07) is 2.38. The molecule has 0 saturated carbocycles. The molecule has 1 aromatic rings. The summed E-state index contributed by atoms with van der Waals surface area (Å²) in [5.74, 6) is -2.46. The summed E-state index contributed by atoms with van der Waals surface area (Å²) in [5.41, 5.74) is -0.904. The third kappa shape index (κ3) is 2.58. The lowest BCUT2D eigenvalue weighted by Gasteiger charge is -2.19. The lowest BCUT2D eigenvalue weighted by Crippen LogP contribution is -2.26. The lowest BCUT2D eigenvalue weighted by atomic mass is 9.86. The quantitative estimate of drug-likeness (QED) is 0.867. The molecule has 0 spiro atoms. The average Bonchev–Trinajstić information content (AvgIpc) is 2.19. The second-order valence-electron chi connectivity index (χ2n) is 4.20. The fourth-order valence-electron chi connectivity index (χ4n) is 1.25. The Morgan fingerprint density at radius 1 is 1.44 bits per heavy atom. The predicted octanol–water partition coefficient (Wildman–Crippen LogP) is 3.38. The van der Waals surface area contributed by atoms with Crippen LogP contribution in [0.4, 0.5) is 8.78 Å². The lowest BCUT2D eigenvalue weighted by molar-refractivity contribution is -0.146. The molecule has 0 saturated heterocycles. The number of halogens is 3. The molecule has 0 aliphatic carbocycles. The summed E-state index contributed by atoms with van der Waals surface area (Å²) >= 11 is 2.78. The molecule has 0 bridgehead atoms. The van der Waals surface area contributed by atoms with E-state index in [4.69, 9.17) is 5.11 Å². The molecular weight excluding hydrogens is 282 g/mol. The van der Waals surface area contributed by atoms with Crippen molar-refractivity contribution < 1.29 is 18.7 Å². The number of hydrogen-bond donors (Lipinski definition) is 1. The zero-order valence-corrected chi connectivity index (χ0v) is 10.4. The van der Waals surface area contributed by atoms with Gasteiger partial charge in [-0.1, -0.05) is 6.07 Å². The Hall–Kier alpha value is -0.970. The highest BCUT2D eigenvalue weighted by Gasteiger charge is 2.29. The highest BCUT2D eigenvalue weighted by molar-refractivity contribution is 9.10. The molecule has 1 rings (SSSR count). The molecule has 0 aliphatic heterocycles. The van der Waals surface area contributed by atoms with Gasteiger partial charge in [-0.05, 0) is 47.8 Å². The van der Waals surface area contributed by atoms with Crippen molar-refractivity contribution in [2.45, 2.75) is 20.3 Å². The molecule has 88 valence electrons. The maximum atomic E-state index is 13.6. The maximum Gasteiger partial charge on any atom is 0.309 e. The van der Waals surface area contributed by atoms with Crippen molar-refractivity contribution in [2.24, 2.45) is 5.41 Å². The van der Waals surface area contributed by atoms with E-state index >= 15 is 0 Å². The topological polar surface area (TPSA) is 37.3 Å². The van der Waals surface area contributed by atoms with Crippen LogP contribution in [0.15, 0.2) is 16.6 Å². The third-order valence-corrected chi connectivity index (χ3v) is 3.05. The minimum atomic E-state index is -1.09. The Labute approximate surface area is 100 Å². The molecule has 0 aliphatic rings. The maximum absolute atomic E-state index is 13.6. The Bertz CT molecular complexity index is 430. The van der Waals surface area contributed by atoms with Crippen LogP contribution in [0, 0.1) is 17.0 Å². The van der Waals surface area contributed by atoms with Gasteiger partial charge in [0.05, 0.1) is 9.89 Å². The van der Waals surface area contributed by atoms with E-state index in [1.54, 1.807) is 0 Å². The van der Waals surface area contributed by atoms with Gasteiger partial charge in [-0.15, -0.1) is 0 Å². The summed E-state index contributed by atoms with van der Waals surface area (Å²) in [4.78, 5) is 10.9. The number of rotatable bonds is 3. The highest BCUT2D eigenvalue weighted by atomic mass is 79.9. The van der Waals surface area contributed by atoms with Crippen LogP contribution in [0.5, 0.6) is 0 Å². The first-order valence-electron chi connectivity index (χ1n) is 4.61. The molecule has 0 radical (unpaired) electrons. The minimum Gasteiger partial charge on any atom is -0.481 e. The molecule has 0 heterocycles.